The van der Waals surface area contributed by atoms with E-state index in [1.165, 1.54) is 0 Å². The largest absolute Gasteiger partial charge is 0.251 e. The summed E-state index contributed by atoms with van der Waals surface area (Å²) in [4.78, 5) is 4.11. The second kappa shape index (κ2) is 6.39. The Morgan fingerprint density at radius 2 is 1.95 bits per heavy atom. The molecule has 0 aliphatic heterocycles. The van der Waals surface area contributed by atoms with Crippen molar-refractivity contribution >= 4 is 32.6 Å². The third-order valence-corrected chi connectivity index (χ3v) is 4.08. The fourth-order valence-corrected chi connectivity index (χ4v) is 2.25. The van der Waals surface area contributed by atoms with Gasteiger partial charge in [-0.2, -0.15) is 4.40 Å². The van der Waals surface area contributed by atoms with Gasteiger partial charge in [-0.05, 0) is 55.8 Å². The van der Waals surface area contributed by atoms with Crippen LogP contribution in [0.5, 0.6) is 0 Å². The first-order chi connectivity index (χ1) is 8.99. The van der Waals surface area contributed by atoms with Crippen molar-refractivity contribution in [1.29, 1.82) is 0 Å². The van der Waals surface area contributed by atoms with Gasteiger partial charge in [0.05, 0.1) is 22.6 Å². The monoisotopic (exact) mass is 366 g/mol. The second-order valence-corrected chi connectivity index (χ2v) is 8.21. The molecule has 7 heteroatoms. The molecule has 0 bridgehead atoms. The number of pyridine rings is 1. The van der Waals surface area contributed by atoms with Gasteiger partial charge >= 0.3 is 0 Å². The predicted octanol–water partition coefficient (Wildman–Crippen LogP) is 4.14. The average Bonchev–Trinajstić information content (AvgIpc) is 2.25. The van der Waals surface area contributed by atoms with Crippen molar-refractivity contribution in [1.82, 2.24) is 4.98 Å². The molecular formula is C13H17BrF2N2OS. The fraction of sp³-hybridized carbons (Fsp3) is 0.538. The summed E-state index contributed by atoms with van der Waals surface area (Å²) in [6.45, 7) is 6.02. The van der Waals surface area contributed by atoms with Crippen LogP contribution >= 0.6 is 15.9 Å². The van der Waals surface area contributed by atoms with Crippen LogP contribution in [0.25, 0.3) is 0 Å². The van der Waals surface area contributed by atoms with Gasteiger partial charge < -0.3 is 0 Å². The molecule has 0 saturated heterocycles. The number of aromatic nitrogens is 1. The highest BCUT2D eigenvalue weighted by atomic mass is 79.9. The molecule has 0 aliphatic carbocycles. The lowest BCUT2D eigenvalue weighted by Gasteiger charge is -2.17. The third-order valence-electron chi connectivity index (χ3n) is 2.21. The van der Waals surface area contributed by atoms with Gasteiger partial charge in [0.1, 0.15) is 15.6 Å². The van der Waals surface area contributed by atoms with E-state index in [0.717, 1.165) is 6.92 Å². The van der Waals surface area contributed by atoms with Crippen molar-refractivity contribution in [2.75, 3.05) is 0 Å². The lowest BCUT2D eigenvalue weighted by Crippen LogP contribution is -2.24. The smallest absolute Gasteiger partial charge is 0.240 e. The zero-order valence-electron chi connectivity index (χ0n) is 11.8. The Hall–Kier alpha value is -0.690. The highest BCUT2D eigenvalue weighted by Crippen LogP contribution is 2.22. The summed E-state index contributed by atoms with van der Waals surface area (Å²) in [5.74, 6) is -2.94. The molecule has 0 N–H and O–H groups in total. The summed E-state index contributed by atoms with van der Waals surface area (Å²) in [6.07, 6.45) is -0.599. The summed E-state index contributed by atoms with van der Waals surface area (Å²) >= 11 is 3.19. The fourth-order valence-electron chi connectivity index (χ4n) is 1.27. The molecule has 0 amide bonds. The standard InChI is InChI=1S/C13H17BrF2N2OS/c1-12(2,3)20(19)18-10(8-13(4,15)16)9-6-5-7-11(14)17-9/h5-7H,8H2,1-4H3/t20-/m0/s1. The van der Waals surface area contributed by atoms with Crippen molar-refractivity contribution in [3.8, 4) is 0 Å². The molecular weight excluding hydrogens is 350 g/mol. The van der Waals surface area contributed by atoms with Gasteiger partial charge in [-0.3, -0.25) is 0 Å². The minimum Gasteiger partial charge on any atom is -0.240 e. The van der Waals surface area contributed by atoms with Crippen LogP contribution in [-0.2, 0) is 11.0 Å². The van der Waals surface area contributed by atoms with Crippen molar-refractivity contribution in [3.05, 3.63) is 28.5 Å². The van der Waals surface area contributed by atoms with E-state index in [1.54, 1.807) is 39.0 Å². The van der Waals surface area contributed by atoms with E-state index in [1.807, 2.05) is 0 Å². The Labute approximate surface area is 128 Å². The minimum atomic E-state index is -2.94. The summed E-state index contributed by atoms with van der Waals surface area (Å²) < 4.78 is 42.5. The number of alkyl halides is 2. The summed E-state index contributed by atoms with van der Waals surface area (Å²) in [6, 6.07) is 4.94. The van der Waals surface area contributed by atoms with E-state index in [9.17, 15) is 13.0 Å². The van der Waals surface area contributed by atoms with Gasteiger partial charge in [-0.1, -0.05) is 6.07 Å². The van der Waals surface area contributed by atoms with Crippen molar-refractivity contribution in [2.45, 2.75) is 44.8 Å². The number of hydrogen-bond donors (Lipinski definition) is 0. The SMILES string of the molecule is CC(F)(F)CC(=N[S@@](=O)C(C)(C)C)c1cccc(Br)n1. The van der Waals surface area contributed by atoms with Gasteiger partial charge in [-0.25, -0.2) is 18.0 Å². The topological polar surface area (TPSA) is 42.3 Å². The highest BCUT2D eigenvalue weighted by molar-refractivity contribution is 9.10. The van der Waals surface area contributed by atoms with Crippen LogP contribution in [0.3, 0.4) is 0 Å². The normalized spacial score (nSPS) is 15.2. The quantitative estimate of drug-likeness (QED) is 0.593. The van der Waals surface area contributed by atoms with Crippen LogP contribution in [-0.4, -0.2) is 25.6 Å². The number of hydrogen-bond acceptors (Lipinski definition) is 2. The Balaban J connectivity index is 3.22. The van der Waals surface area contributed by atoms with Crippen LogP contribution in [0.4, 0.5) is 8.78 Å². The van der Waals surface area contributed by atoms with Crippen LogP contribution < -0.4 is 0 Å². The molecule has 0 aromatic carbocycles. The Kier molecular flexibility index (Phi) is 5.54. The molecule has 1 aromatic rings. The molecule has 112 valence electrons. The second-order valence-electron chi connectivity index (χ2n) is 5.49. The third kappa shape index (κ3) is 5.75. The lowest BCUT2D eigenvalue weighted by atomic mass is 10.1. The lowest BCUT2D eigenvalue weighted by molar-refractivity contribution is 0.0304. The summed E-state index contributed by atoms with van der Waals surface area (Å²) in [7, 11) is -1.61. The molecule has 0 fully saturated rings. The maximum absolute atomic E-state index is 13.3. The Morgan fingerprint density at radius 3 is 2.40 bits per heavy atom. The first kappa shape index (κ1) is 17.4. The molecule has 20 heavy (non-hydrogen) atoms. The van der Waals surface area contributed by atoms with E-state index < -0.39 is 28.1 Å². The van der Waals surface area contributed by atoms with Crippen LogP contribution in [0, 0.1) is 0 Å². The molecule has 3 nitrogen and oxygen atoms in total. The van der Waals surface area contributed by atoms with E-state index in [4.69, 9.17) is 0 Å². The summed E-state index contributed by atoms with van der Waals surface area (Å²) in [5.41, 5.74) is 0.352. The first-order valence-electron chi connectivity index (χ1n) is 5.99. The zero-order valence-corrected chi connectivity index (χ0v) is 14.2. The van der Waals surface area contributed by atoms with Gasteiger partial charge in [0.15, 0.2) is 0 Å². The maximum Gasteiger partial charge on any atom is 0.251 e. The van der Waals surface area contributed by atoms with E-state index in [0.29, 0.717) is 10.3 Å². The van der Waals surface area contributed by atoms with Crippen molar-refractivity contribution in [2.24, 2.45) is 4.40 Å². The molecule has 0 saturated carbocycles. The number of nitrogens with zero attached hydrogens (tertiary/aromatic N) is 2. The molecule has 0 unspecified atom stereocenters. The van der Waals surface area contributed by atoms with Gasteiger partial charge in [0, 0.05) is 0 Å². The first-order valence-corrected chi connectivity index (χ1v) is 7.89. The van der Waals surface area contributed by atoms with Gasteiger partial charge in [0.2, 0.25) is 0 Å². The van der Waals surface area contributed by atoms with E-state index in [2.05, 4.69) is 25.3 Å². The molecule has 1 rings (SSSR count). The molecule has 1 aromatic heterocycles. The van der Waals surface area contributed by atoms with Gasteiger partial charge in [-0.15, -0.1) is 0 Å². The van der Waals surface area contributed by atoms with Gasteiger partial charge in [0.25, 0.3) is 5.92 Å². The van der Waals surface area contributed by atoms with E-state index >= 15 is 0 Å². The average molecular weight is 367 g/mol. The molecule has 0 radical (unpaired) electrons. The van der Waals surface area contributed by atoms with Crippen molar-refractivity contribution < 1.29 is 13.0 Å². The molecule has 0 aliphatic rings. The molecule has 1 atom stereocenters. The molecule has 1 heterocycles. The highest BCUT2D eigenvalue weighted by Gasteiger charge is 2.28. The van der Waals surface area contributed by atoms with E-state index in [-0.39, 0.29) is 5.71 Å². The van der Waals surface area contributed by atoms with Crippen molar-refractivity contribution in [3.63, 3.8) is 0 Å². The minimum absolute atomic E-state index is 0.0482. The predicted molar refractivity (Wildman–Crippen MR) is 81.6 cm³/mol. The zero-order chi connectivity index (χ0) is 15.6. The van der Waals surface area contributed by atoms with Crippen LogP contribution in [0.1, 0.15) is 39.8 Å². The number of halogens is 3. The Bertz CT molecular complexity index is 536. The summed E-state index contributed by atoms with van der Waals surface area (Å²) in [5, 5.41) is 0. The number of rotatable bonds is 4. The molecule has 0 spiro atoms. The Morgan fingerprint density at radius 1 is 1.35 bits per heavy atom. The van der Waals surface area contributed by atoms with Crippen LogP contribution in [0.15, 0.2) is 27.2 Å². The van der Waals surface area contributed by atoms with Crippen LogP contribution in [0.2, 0.25) is 0 Å². The maximum atomic E-state index is 13.3.